The molecule has 0 bridgehead atoms. The van der Waals surface area contributed by atoms with E-state index in [2.05, 4.69) is 195 Å². The molecular weight excluding hydrogens is 699 g/mol. The Labute approximate surface area is 342 Å². The molecule has 278 valence electrons. The molecule has 0 saturated heterocycles. The van der Waals surface area contributed by atoms with Crippen molar-refractivity contribution in [2.24, 2.45) is 0 Å². The Morgan fingerprint density at radius 1 is 0.328 bits per heavy atom. The van der Waals surface area contributed by atoms with Crippen LogP contribution < -0.4 is 4.90 Å². The smallest absolute Gasteiger partial charge is 0.0725 e. The van der Waals surface area contributed by atoms with E-state index in [9.17, 15) is 0 Å². The monoisotopic (exact) mass is 743 g/mol. The van der Waals surface area contributed by atoms with Crippen molar-refractivity contribution < 1.29 is 0 Å². The second kappa shape index (κ2) is 12.5. The first-order chi connectivity index (χ1) is 28.6. The number of benzene rings is 8. The summed E-state index contributed by atoms with van der Waals surface area (Å²) in [7, 11) is 0. The van der Waals surface area contributed by atoms with Gasteiger partial charge in [-0.05, 0) is 152 Å². The Morgan fingerprint density at radius 2 is 0.759 bits per heavy atom. The Kier molecular flexibility index (Phi) is 7.27. The van der Waals surface area contributed by atoms with E-state index in [0.717, 1.165) is 0 Å². The summed E-state index contributed by atoms with van der Waals surface area (Å²) in [5, 5.41) is 0. The van der Waals surface area contributed by atoms with Gasteiger partial charge >= 0.3 is 0 Å². The molecule has 0 aliphatic heterocycles. The standard InChI is InChI=1S/C57H45N/c1-37-16-4-5-17-42(37)43-29-26-39(34-38(43)2)58(41-27-30-48-44-18-6-10-22-50(44)56(55(48)36-41)32-14-3-15-33-56)40-28-31-54-49(35-40)47-21-9-13-25-53(47)57(54)51-23-11-7-19-45(51)46-20-8-12-24-52(46)57/h4-13,16-31,34-36H,3,14-15,32-33H2,1-2H3. The fraction of sp³-hybridized carbons (Fsp3) is 0.158. The van der Waals surface area contributed by atoms with Gasteiger partial charge in [-0.2, -0.15) is 0 Å². The van der Waals surface area contributed by atoms with Crippen LogP contribution in [0.4, 0.5) is 17.1 Å². The highest BCUT2D eigenvalue weighted by atomic mass is 15.1. The number of aryl methyl sites for hydroxylation is 2. The van der Waals surface area contributed by atoms with Gasteiger partial charge in [0.05, 0.1) is 5.41 Å². The van der Waals surface area contributed by atoms with E-state index in [-0.39, 0.29) is 10.8 Å². The molecule has 8 aromatic rings. The minimum atomic E-state index is -0.360. The molecule has 0 heterocycles. The van der Waals surface area contributed by atoms with Crippen LogP contribution in [0.5, 0.6) is 0 Å². The third kappa shape index (κ3) is 4.48. The minimum absolute atomic E-state index is 0.0724. The highest BCUT2D eigenvalue weighted by Crippen LogP contribution is 2.63. The molecule has 8 aromatic carbocycles. The maximum Gasteiger partial charge on any atom is 0.0725 e. The van der Waals surface area contributed by atoms with Crippen LogP contribution in [0.2, 0.25) is 0 Å². The SMILES string of the molecule is Cc1ccccc1-c1ccc(N(c2ccc3c(c2)-c2ccccc2C32c3ccccc3-c3ccccc32)c2ccc3c(c2)C2(CCCCC2)c2ccccc2-3)cc1C. The largest absolute Gasteiger partial charge is 0.310 e. The van der Waals surface area contributed by atoms with E-state index in [0.29, 0.717) is 0 Å². The molecule has 1 heteroatoms. The van der Waals surface area contributed by atoms with Crippen molar-refractivity contribution in [3.05, 3.63) is 220 Å². The van der Waals surface area contributed by atoms with Gasteiger partial charge in [0, 0.05) is 22.5 Å². The molecular formula is C57H45N. The Bertz CT molecular complexity index is 2930. The minimum Gasteiger partial charge on any atom is -0.310 e. The van der Waals surface area contributed by atoms with Crippen LogP contribution in [0.3, 0.4) is 0 Å². The van der Waals surface area contributed by atoms with Gasteiger partial charge in [0.2, 0.25) is 0 Å². The van der Waals surface area contributed by atoms with Crippen molar-refractivity contribution in [2.45, 2.75) is 56.8 Å². The molecule has 1 saturated carbocycles. The summed E-state index contributed by atoms with van der Waals surface area (Å²) in [6, 6.07) is 67.2. The second-order valence-corrected chi connectivity index (χ2v) is 17.2. The number of hydrogen-bond acceptors (Lipinski definition) is 1. The Balaban J connectivity index is 1.09. The summed E-state index contributed by atoms with van der Waals surface area (Å²) in [4.78, 5) is 2.54. The lowest BCUT2D eigenvalue weighted by Gasteiger charge is -2.36. The number of nitrogens with zero attached hydrogens (tertiary/aromatic N) is 1. The molecule has 0 amide bonds. The summed E-state index contributed by atoms with van der Waals surface area (Å²) >= 11 is 0. The first-order valence-electron chi connectivity index (χ1n) is 21.2. The number of rotatable bonds is 4. The van der Waals surface area contributed by atoms with Crippen LogP contribution in [0.1, 0.15) is 76.6 Å². The van der Waals surface area contributed by atoms with Crippen molar-refractivity contribution in [2.75, 3.05) is 4.90 Å². The molecule has 1 nitrogen and oxygen atoms in total. The lowest BCUT2D eigenvalue weighted by molar-refractivity contribution is 0.353. The molecule has 0 aromatic heterocycles. The van der Waals surface area contributed by atoms with Gasteiger partial charge in [-0.1, -0.05) is 159 Å². The van der Waals surface area contributed by atoms with Gasteiger partial charge in [-0.3, -0.25) is 0 Å². The number of hydrogen-bond donors (Lipinski definition) is 0. The number of anilines is 3. The average molecular weight is 744 g/mol. The molecule has 1 fully saturated rings. The zero-order chi connectivity index (χ0) is 38.6. The predicted octanol–water partition coefficient (Wildman–Crippen LogP) is 15.0. The molecule has 58 heavy (non-hydrogen) atoms. The summed E-state index contributed by atoms with van der Waals surface area (Å²) in [5.74, 6) is 0. The van der Waals surface area contributed by atoms with Gasteiger partial charge in [0.15, 0.2) is 0 Å². The third-order valence-electron chi connectivity index (χ3n) is 14.4. The van der Waals surface area contributed by atoms with E-state index < -0.39 is 0 Å². The molecule has 0 atom stereocenters. The molecule has 0 radical (unpaired) electrons. The van der Waals surface area contributed by atoms with E-state index in [4.69, 9.17) is 0 Å². The average Bonchev–Trinajstić information content (AvgIpc) is 3.84. The molecule has 12 rings (SSSR count). The van der Waals surface area contributed by atoms with E-state index in [1.807, 2.05) is 0 Å². The predicted molar refractivity (Wildman–Crippen MR) is 242 cm³/mol. The van der Waals surface area contributed by atoms with Gasteiger partial charge in [0.1, 0.15) is 0 Å². The second-order valence-electron chi connectivity index (χ2n) is 17.2. The molecule has 2 spiro atoms. The zero-order valence-electron chi connectivity index (χ0n) is 33.2. The normalized spacial score (nSPS) is 15.7. The van der Waals surface area contributed by atoms with Crippen molar-refractivity contribution in [3.8, 4) is 44.5 Å². The topological polar surface area (TPSA) is 3.24 Å². The van der Waals surface area contributed by atoms with E-state index in [1.165, 1.54) is 138 Å². The molecule has 4 aliphatic carbocycles. The quantitative estimate of drug-likeness (QED) is 0.173. The first kappa shape index (κ1) is 33.7. The van der Waals surface area contributed by atoms with Crippen LogP contribution in [-0.4, -0.2) is 0 Å². The van der Waals surface area contributed by atoms with Crippen LogP contribution in [0.15, 0.2) is 176 Å². The zero-order valence-corrected chi connectivity index (χ0v) is 33.2. The lowest BCUT2D eigenvalue weighted by atomic mass is 9.68. The molecule has 4 aliphatic rings. The van der Waals surface area contributed by atoms with Crippen molar-refractivity contribution in [3.63, 3.8) is 0 Å². The summed E-state index contributed by atoms with van der Waals surface area (Å²) in [6.07, 6.45) is 6.31. The molecule has 0 N–H and O–H groups in total. The fourth-order valence-corrected chi connectivity index (χ4v) is 11.9. The van der Waals surface area contributed by atoms with Gasteiger partial charge in [0.25, 0.3) is 0 Å². The van der Waals surface area contributed by atoms with Crippen LogP contribution in [0, 0.1) is 13.8 Å². The van der Waals surface area contributed by atoms with Crippen molar-refractivity contribution in [1.29, 1.82) is 0 Å². The first-order valence-corrected chi connectivity index (χ1v) is 21.2. The maximum absolute atomic E-state index is 2.57. The molecule has 0 unspecified atom stereocenters. The summed E-state index contributed by atoms with van der Waals surface area (Å²) < 4.78 is 0. The van der Waals surface area contributed by atoms with Crippen LogP contribution in [0.25, 0.3) is 44.5 Å². The van der Waals surface area contributed by atoms with Gasteiger partial charge in [-0.15, -0.1) is 0 Å². The van der Waals surface area contributed by atoms with Gasteiger partial charge in [-0.25, -0.2) is 0 Å². The highest BCUT2D eigenvalue weighted by molar-refractivity contribution is 5.97. The highest BCUT2D eigenvalue weighted by Gasteiger charge is 2.51. The van der Waals surface area contributed by atoms with Crippen molar-refractivity contribution in [1.82, 2.24) is 0 Å². The number of fused-ring (bicyclic) bond motifs is 15. The maximum atomic E-state index is 2.57. The van der Waals surface area contributed by atoms with E-state index >= 15 is 0 Å². The van der Waals surface area contributed by atoms with Gasteiger partial charge < -0.3 is 4.90 Å². The fourth-order valence-electron chi connectivity index (χ4n) is 11.9. The Morgan fingerprint density at radius 3 is 1.38 bits per heavy atom. The van der Waals surface area contributed by atoms with Crippen molar-refractivity contribution >= 4 is 17.1 Å². The van der Waals surface area contributed by atoms with Crippen LogP contribution >= 0.6 is 0 Å². The van der Waals surface area contributed by atoms with E-state index in [1.54, 1.807) is 0 Å². The summed E-state index contributed by atoms with van der Waals surface area (Å²) in [6.45, 7) is 4.49. The third-order valence-corrected chi connectivity index (χ3v) is 14.4. The summed E-state index contributed by atoms with van der Waals surface area (Å²) in [5.41, 5.74) is 25.1. The Hall–Kier alpha value is -6.44. The lowest BCUT2D eigenvalue weighted by Crippen LogP contribution is -2.28. The van der Waals surface area contributed by atoms with Crippen LogP contribution in [-0.2, 0) is 10.8 Å².